The van der Waals surface area contributed by atoms with Crippen LogP contribution in [-0.4, -0.2) is 36.9 Å². The highest BCUT2D eigenvalue weighted by Crippen LogP contribution is 2.33. The van der Waals surface area contributed by atoms with Gasteiger partial charge in [0.15, 0.2) is 11.0 Å². The van der Waals surface area contributed by atoms with Gasteiger partial charge in [-0.1, -0.05) is 29.4 Å². The summed E-state index contributed by atoms with van der Waals surface area (Å²) in [6.07, 6.45) is 5.57. The number of hydrogen-bond donors (Lipinski definition) is 1. The van der Waals surface area contributed by atoms with Gasteiger partial charge >= 0.3 is 0 Å². The van der Waals surface area contributed by atoms with Gasteiger partial charge in [0.1, 0.15) is 0 Å². The summed E-state index contributed by atoms with van der Waals surface area (Å²) in [7, 11) is 0. The third-order valence-electron chi connectivity index (χ3n) is 4.63. The molecule has 4 rings (SSSR count). The monoisotopic (exact) mass is 413 g/mol. The van der Waals surface area contributed by atoms with Crippen LogP contribution in [0.15, 0.2) is 47.9 Å². The van der Waals surface area contributed by atoms with E-state index < -0.39 is 0 Å². The minimum Gasteiger partial charge on any atom is -0.352 e. The lowest BCUT2D eigenvalue weighted by molar-refractivity contribution is -0.120. The Bertz CT molecular complexity index is 1000. The second-order valence-electron chi connectivity index (χ2n) is 6.80. The van der Waals surface area contributed by atoms with E-state index in [1.165, 1.54) is 11.8 Å². The highest BCUT2D eigenvalue weighted by molar-refractivity contribution is 8.00. The molecule has 1 aliphatic rings. The summed E-state index contributed by atoms with van der Waals surface area (Å²) in [6, 6.07) is 9.84. The highest BCUT2D eigenvalue weighted by Gasteiger charge is 2.28. The van der Waals surface area contributed by atoms with Crippen LogP contribution in [0.2, 0.25) is 5.02 Å². The standard InChI is InChI=1S/C20H20ClN5OS/c1-12-16(21)4-3-5-17(12)26-18(14-8-10-22-11-9-14)24-25-20(26)28-13(2)19(27)23-15-6-7-15/h3-5,8-11,13,15H,6-7H2,1-2H3,(H,23,27). The first-order chi connectivity index (χ1) is 13.5. The zero-order chi connectivity index (χ0) is 19.7. The number of pyridine rings is 1. The van der Waals surface area contributed by atoms with Crippen molar-refractivity contribution in [2.45, 2.75) is 43.1 Å². The molecule has 3 aromatic rings. The Morgan fingerprint density at radius 1 is 1.25 bits per heavy atom. The van der Waals surface area contributed by atoms with Crippen molar-refractivity contribution in [3.8, 4) is 17.1 Å². The molecule has 1 saturated carbocycles. The first-order valence-corrected chi connectivity index (χ1v) is 10.4. The average Bonchev–Trinajstić information content (AvgIpc) is 3.42. The molecule has 8 heteroatoms. The maximum atomic E-state index is 12.4. The Morgan fingerprint density at radius 2 is 2.00 bits per heavy atom. The van der Waals surface area contributed by atoms with Crippen LogP contribution in [0.4, 0.5) is 0 Å². The number of aromatic nitrogens is 4. The minimum absolute atomic E-state index is 0.0235. The van der Waals surface area contributed by atoms with Crippen LogP contribution in [0.5, 0.6) is 0 Å². The molecular weight excluding hydrogens is 394 g/mol. The van der Waals surface area contributed by atoms with E-state index in [1.54, 1.807) is 12.4 Å². The SMILES string of the molecule is Cc1c(Cl)cccc1-n1c(SC(C)C(=O)NC2CC2)nnc1-c1ccncc1. The fourth-order valence-electron chi connectivity index (χ4n) is 2.85. The van der Waals surface area contributed by atoms with Gasteiger partial charge in [0, 0.05) is 29.0 Å². The number of hydrogen-bond acceptors (Lipinski definition) is 5. The Balaban J connectivity index is 1.75. The fourth-order valence-corrected chi connectivity index (χ4v) is 3.89. The summed E-state index contributed by atoms with van der Waals surface area (Å²) in [5, 5.41) is 12.9. The zero-order valence-corrected chi connectivity index (χ0v) is 17.2. The first-order valence-electron chi connectivity index (χ1n) is 9.13. The first kappa shape index (κ1) is 19.0. The largest absolute Gasteiger partial charge is 0.352 e. The van der Waals surface area contributed by atoms with Crippen LogP contribution in [0.1, 0.15) is 25.3 Å². The van der Waals surface area contributed by atoms with Crippen LogP contribution < -0.4 is 5.32 Å². The van der Waals surface area contributed by atoms with E-state index in [0.717, 1.165) is 29.7 Å². The molecule has 0 aliphatic heterocycles. The normalized spacial score (nSPS) is 14.7. The number of amides is 1. The van der Waals surface area contributed by atoms with Gasteiger partial charge in [-0.15, -0.1) is 10.2 Å². The molecule has 1 fully saturated rings. The second-order valence-corrected chi connectivity index (χ2v) is 8.52. The summed E-state index contributed by atoms with van der Waals surface area (Å²) in [6.45, 7) is 3.85. The number of nitrogens with zero attached hydrogens (tertiary/aromatic N) is 4. The van der Waals surface area contributed by atoms with Crippen molar-refractivity contribution in [2.24, 2.45) is 0 Å². The van der Waals surface area contributed by atoms with Crippen LogP contribution >= 0.6 is 23.4 Å². The van der Waals surface area contributed by atoms with Crippen molar-refractivity contribution in [2.75, 3.05) is 0 Å². The van der Waals surface area contributed by atoms with Gasteiger partial charge in [-0.2, -0.15) is 0 Å². The lowest BCUT2D eigenvalue weighted by atomic mass is 10.2. The summed E-state index contributed by atoms with van der Waals surface area (Å²) in [4.78, 5) is 16.5. The molecular formula is C20H20ClN5OS. The van der Waals surface area contributed by atoms with Gasteiger partial charge in [0.05, 0.1) is 10.9 Å². The number of rotatable bonds is 6. The number of benzene rings is 1. The molecule has 1 aliphatic carbocycles. The molecule has 28 heavy (non-hydrogen) atoms. The predicted octanol–water partition coefficient (Wildman–Crippen LogP) is 4.05. The van der Waals surface area contributed by atoms with Gasteiger partial charge in [0.25, 0.3) is 0 Å². The topological polar surface area (TPSA) is 72.7 Å². The molecule has 2 heterocycles. The van der Waals surface area contributed by atoms with Gasteiger partial charge < -0.3 is 5.32 Å². The van der Waals surface area contributed by atoms with Gasteiger partial charge in [0.2, 0.25) is 5.91 Å². The van der Waals surface area contributed by atoms with Gasteiger partial charge in [-0.05, 0) is 56.5 Å². The van der Waals surface area contributed by atoms with Crippen molar-refractivity contribution >= 4 is 29.3 Å². The smallest absolute Gasteiger partial charge is 0.233 e. The minimum atomic E-state index is -0.284. The number of halogens is 1. The Hall–Kier alpha value is -2.38. The molecule has 0 spiro atoms. The van der Waals surface area contributed by atoms with Gasteiger partial charge in [-0.25, -0.2) is 0 Å². The molecule has 6 nitrogen and oxygen atoms in total. The van der Waals surface area contributed by atoms with E-state index in [4.69, 9.17) is 11.6 Å². The van der Waals surface area contributed by atoms with Crippen LogP contribution in [0.3, 0.4) is 0 Å². The summed E-state index contributed by atoms with van der Waals surface area (Å²) in [5.41, 5.74) is 2.71. The predicted molar refractivity (Wildman–Crippen MR) is 111 cm³/mol. The highest BCUT2D eigenvalue weighted by atomic mass is 35.5. The number of carbonyl (C=O) groups is 1. The van der Waals surface area contributed by atoms with Crippen LogP contribution in [0.25, 0.3) is 17.1 Å². The quantitative estimate of drug-likeness (QED) is 0.617. The lowest BCUT2D eigenvalue weighted by Crippen LogP contribution is -2.32. The lowest BCUT2D eigenvalue weighted by Gasteiger charge is -2.16. The number of carbonyl (C=O) groups excluding carboxylic acids is 1. The molecule has 1 amide bonds. The Kier molecular flexibility index (Phi) is 5.37. The molecule has 2 aromatic heterocycles. The molecule has 1 unspecified atom stereocenters. The van der Waals surface area contributed by atoms with Gasteiger partial charge in [-0.3, -0.25) is 14.3 Å². The van der Waals surface area contributed by atoms with Crippen molar-refractivity contribution in [3.05, 3.63) is 53.3 Å². The number of thioether (sulfide) groups is 1. The third-order valence-corrected chi connectivity index (χ3v) is 6.08. The van der Waals surface area contributed by atoms with E-state index in [2.05, 4.69) is 20.5 Å². The van der Waals surface area contributed by atoms with Crippen molar-refractivity contribution in [3.63, 3.8) is 0 Å². The molecule has 0 saturated heterocycles. The maximum absolute atomic E-state index is 12.4. The van der Waals surface area contributed by atoms with Crippen molar-refractivity contribution < 1.29 is 4.79 Å². The molecule has 144 valence electrons. The molecule has 1 aromatic carbocycles. The Labute approximate surface area is 172 Å². The van der Waals surface area contributed by atoms with E-state index in [-0.39, 0.29) is 11.2 Å². The van der Waals surface area contributed by atoms with Crippen LogP contribution in [0, 0.1) is 6.92 Å². The summed E-state index contributed by atoms with van der Waals surface area (Å²) < 4.78 is 1.96. The third kappa shape index (κ3) is 3.91. The molecule has 1 atom stereocenters. The summed E-state index contributed by atoms with van der Waals surface area (Å²) >= 11 is 7.76. The zero-order valence-electron chi connectivity index (χ0n) is 15.6. The molecule has 0 bridgehead atoms. The van der Waals surface area contributed by atoms with Crippen molar-refractivity contribution in [1.29, 1.82) is 0 Å². The molecule has 1 N–H and O–H groups in total. The van der Waals surface area contributed by atoms with E-state index in [0.29, 0.717) is 22.0 Å². The van der Waals surface area contributed by atoms with E-state index >= 15 is 0 Å². The fraction of sp³-hybridized carbons (Fsp3) is 0.300. The number of nitrogens with one attached hydrogen (secondary N) is 1. The Morgan fingerprint density at radius 3 is 2.71 bits per heavy atom. The molecule has 0 radical (unpaired) electrons. The summed E-state index contributed by atoms with van der Waals surface area (Å²) in [5.74, 6) is 0.709. The second kappa shape index (κ2) is 7.93. The van der Waals surface area contributed by atoms with Crippen molar-refractivity contribution in [1.82, 2.24) is 25.1 Å². The van der Waals surface area contributed by atoms with E-state index in [1.807, 2.05) is 48.7 Å². The average molecular weight is 414 g/mol. The van der Waals surface area contributed by atoms with Crippen LogP contribution in [-0.2, 0) is 4.79 Å². The maximum Gasteiger partial charge on any atom is 0.233 e. The van der Waals surface area contributed by atoms with E-state index in [9.17, 15) is 4.79 Å².